The van der Waals surface area contributed by atoms with E-state index in [-0.39, 0.29) is 55.5 Å². The van der Waals surface area contributed by atoms with Gasteiger partial charge in [0.05, 0.1) is 33.6 Å². The summed E-state index contributed by atoms with van der Waals surface area (Å²) in [5, 5.41) is 10.0. The van der Waals surface area contributed by atoms with Crippen molar-refractivity contribution >= 4 is 69.0 Å². The van der Waals surface area contributed by atoms with Crippen molar-refractivity contribution in [1.82, 2.24) is 15.2 Å². The first-order chi connectivity index (χ1) is 21.3. The SMILES string of the molecule is CCOC(=O)Oc1nnc(NC(=O)c2cc(Cl)c(Oc3ccncc3C(=O)N3CCN(C4CC4)c4ccccc43)cc2Cl)s1. The fourth-order valence-corrected chi connectivity index (χ4v) is 5.74. The fraction of sp³-hybridized carbons (Fsp3) is 0.241. The third-order valence-corrected chi connectivity index (χ3v) is 8.16. The van der Waals surface area contributed by atoms with Gasteiger partial charge in [-0.15, -0.1) is 5.10 Å². The lowest BCUT2D eigenvalue weighted by Crippen LogP contribution is -2.45. The summed E-state index contributed by atoms with van der Waals surface area (Å²) in [5.41, 5.74) is 2.13. The van der Waals surface area contributed by atoms with Crippen LogP contribution in [0, 0.1) is 0 Å². The highest BCUT2D eigenvalue weighted by Gasteiger charge is 2.36. The van der Waals surface area contributed by atoms with Gasteiger partial charge in [-0.1, -0.05) is 40.4 Å². The second-order valence-corrected chi connectivity index (χ2v) is 11.5. The van der Waals surface area contributed by atoms with E-state index in [0.29, 0.717) is 12.6 Å². The van der Waals surface area contributed by atoms with Crippen molar-refractivity contribution in [1.29, 1.82) is 0 Å². The summed E-state index contributed by atoms with van der Waals surface area (Å²) in [5.74, 6) is -0.539. The van der Waals surface area contributed by atoms with Crippen LogP contribution in [-0.2, 0) is 4.74 Å². The molecule has 3 heterocycles. The zero-order valence-electron chi connectivity index (χ0n) is 23.2. The number of benzene rings is 2. The number of carbonyl (C=O) groups is 3. The van der Waals surface area contributed by atoms with Crippen LogP contribution in [-0.4, -0.2) is 58.9 Å². The molecule has 0 unspecified atom stereocenters. The summed E-state index contributed by atoms with van der Waals surface area (Å²) >= 11 is 13.8. The molecule has 1 aliphatic carbocycles. The van der Waals surface area contributed by atoms with E-state index in [9.17, 15) is 14.4 Å². The topological polar surface area (TPSA) is 136 Å². The Morgan fingerprint density at radius 3 is 2.57 bits per heavy atom. The lowest BCUT2D eigenvalue weighted by atomic mass is 10.1. The summed E-state index contributed by atoms with van der Waals surface area (Å²) in [7, 11) is 0. The van der Waals surface area contributed by atoms with Crippen molar-refractivity contribution in [2.45, 2.75) is 25.8 Å². The quantitative estimate of drug-likeness (QED) is 0.211. The van der Waals surface area contributed by atoms with E-state index < -0.39 is 12.1 Å². The molecule has 44 heavy (non-hydrogen) atoms. The Balaban J connectivity index is 1.19. The number of nitrogens with zero attached hydrogens (tertiary/aromatic N) is 5. The molecule has 226 valence electrons. The van der Waals surface area contributed by atoms with Crippen LogP contribution in [0.25, 0.3) is 0 Å². The number of ether oxygens (including phenoxy) is 3. The van der Waals surface area contributed by atoms with Crippen molar-refractivity contribution in [3.8, 4) is 16.7 Å². The minimum atomic E-state index is -0.938. The Labute approximate surface area is 265 Å². The number of amides is 2. The van der Waals surface area contributed by atoms with Crippen LogP contribution in [0.15, 0.2) is 54.9 Å². The van der Waals surface area contributed by atoms with E-state index in [4.69, 9.17) is 32.7 Å². The molecule has 1 saturated carbocycles. The van der Waals surface area contributed by atoms with Gasteiger partial charge < -0.3 is 24.0 Å². The molecule has 1 fully saturated rings. The Hall–Kier alpha value is -4.46. The van der Waals surface area contributed by atoms with E-state index in [1.165, 1.54) is 24.5 Å². The number of fused-ring (bicyclic) bond motifs is 1. The number of aromatic nitrogens is 3. The maximum Gasteiger partial charge on any atom is 0.515 e. The number of carbonyl (C=O) groups excluding carboxylic acids is 3. The van der Waals surface area contributed by atoms with Crippen LogP contribution in [0.3, 0.4) is 0 Å². The highest BCUT2D eigenvalue weighted by atomic mass is 35.5. The molecule has 2 aromatic carbocycles. The smallest absolute Gasteiger partial charge is 0.455 e. The van der Waals surface area contributed by atoms with Gasteiger partial charge in [0.15, 0.2) is 0 Å². The van der Waals surface area contributed by atoms with Crippen LogP contribution >= 0.6 is 34.5 Å². The van der Waals surface area contributed by atoms with Crippen molar-refractivity contribution in [3.63, 3.8) is 0 Å². The van der Waals surface area contributed by atoms with Crippen LogP contribution in [0.4, 0.5) is 21.3 Å². The predicted molar refractivity (Wildman–Crippen MR) is 165 cm³/mol. The maximum atomic E-state index is 13.9. The molecule has 0 spiro atoms. The van der Waals surface area contributed by atoms with E-state index in [2.05, 4.69) is 30.1 Å². The first-order valence-electron chi connectivity index (χ1n) is 13.6. The van der Waals surface area contributed by atoms with Crippen LogP contribution < -0.4 is 24.6 Å². The Kier molecular flexibility index (Phi) is 8.51. The Morgan fingerprint density at radius 2 is 1.80 bits per heavy atom. The van der Waals surface area contributed by atoms with E-state index in [1.54, 1.807) is 17.9 Å². The lowest BCUT2D eigenvalue weighted by Gasteiger charge is -2.38. The summed E-state index contributed by atoms with van der Waals surface area (Å²) in [6.07, 6.45) is 4.33. The van der Waals surface area contributed by atoms with Gasteiger partial charge in [-0.3, -0.25) is 19.9 Å². The second-order valence-electron chi connectivity index (χ2n) is 9.72. The van der Waals surface area contributed by atoms with Gasteiger partial charge in [0, 0.05) is 37.6 Å². The van der Waals surface area contributed by atoms with E-state index in [0.717, 1.165) is 42.1 Å². The Bertz CT molecular complexity index is 1750. The van der Waals surface area contributed by atoms with Crippen molar-refractivity contribution < 1.29 is 28.6 Å². The number of halogens is 2. The summed E-state index contributed by atoms with van der Waals surface area (Å²) in [6.45, 7) is 3.00. The van der Waals surface area contributed by atoms with Gasteiger partial charge >= 0.3 is 11.3 Å². The van der Waals surface area contributed by atoms with Gasteiger partial charge in [-0.25, -0.2) is 4.79 Å². The number of hydrogen-bond acceptors (Lipinski definition) is 11. The van der Waals surface area contributed by atoms with Crippen LogP contribution in [0.2, 0.25) is 10.0 Å². The minimum Gasteiger partial charge on any atom is -0.455 e. The third-order valence-electron chi connectivity index (χ3n) is 6.84. The Morgan fingerprint density at radius 1 is 1.00 bits per heavy atom. The standard InChI is InChI=1S/C29H24Cl2N6O6S/c1-2-41-29(40)43-28-35-34-27(44-28)33-25(38)17-13-20(31)24(14-19(17)30)42-23-9-10-32-15-18(23)26(39)37-12-11-36(16-7-8-16)21-5-3-4-6-22(21)37/h3-6,9-10,13-16H,2,7-8,11-12H2,1H3,(H,33,34,38). The second kappa shape index (κ2) is 12.6. The van der Waals surface area contributed by atoms with Gasteiger partial charge in [-0.05, 0) is 55.4 Å². The highest BCUT2D eigenvalue weighted by Crippen LogP contribution is 2.41. The van der Waals surface area contributed by atoms with Gasteiger partial charge in [0.1, 0.15) is 17.1 Å². The molecule has 0 atom stereocenters. The number of rotatable bonds is 8. The van der Waals surface area contributed by atoms with Crippen molar-refractivity contribution in [3.05, 3.63) is 76.0 Å². The first kappa shape index (κ1) is 29.6. The van der Waals surface area contributed by atoms with Crippen molar-refractivity contribution in [2.24, 2.45) is 0 Å². The fourth-order valence-electron chi connectivity index (χ4n) is 4.72. The van der Waals surface area contributed by atoms with E-state index >= 15 is 0 Å². The summed E-state index contributed by atoms with van der Waals surface area (Å²) in [6, 6.07) is 12.7. The minimum absolute atomic E-state index is 0.0291. The summed E-state index contributed by atoms with van der Waals surface area (Å²) in [4.78, 5) is 46.5. The molecule has 4 aromatic rings. The lowest BCUT2D eigenvalue weighted by molar-refractivity contribution is 0.0981. The maximum absolute atomic E-state index is 13.9. The van der Waals surface area contributed by atoms with Gasteiger partial charge in [-0.2, -0.15) is 0 Å². The van der Waals surface area contributed by atoms with Gasteiger partial charge in [0.2, 0.25) is 5.13 Å². The average molecular weight is 656 g/mol. The van der Waals surface area contributed by atoms with Crippen LogP contribution in [0.1, 0.15) is 40.5 Å². The monoisotopic (exact) mass is 654 g/mol. The molecule has 0 radical (unpaired) electrons. The molecule has 2 aromatic heterocycles. The molecule has 2 aliphatic rings. The highest BCUT2D eigenvalue weighted by molar-refractivity contribution is 7.17. The zero-order chi connectivity index (χ0) is 30.8. The number of para-hydroxylation sites is 2. The first-order valence-corrected chi connectivity index (χ1v) is 15.2. The third kappa shape index (κ3) is 6.25. The molecule has 15 heteroatoms. The molecular formula is C29H24Cl2N6O6S. The molecule has 1 N–H and O–H groups in total. The normalized spacial score (nSPS) is 14.1. The number of hydrogen-bond donors (Lipinski definition) is 1. The largest absolute Gasteiger partial charge is 0.515 e. The average Bonchev–Trinajstić information content (AvgIpc) is 3.77. The zero-order valence-corrected chi connectivity index (χ0v) is 25.5. The summed E-state index contributed by atoms with van der Waals surface area (Å²) < 4.78 is 15.6. The molecule has 6 rings (SSSR count). The molecule has 12 nitrogen and oxygen atoms in total. The molecule has 0 saturated heterocycles. The molecule has 1 aliphatic heterocycles. The predicted octanol–water partition coefficient (Wildman–Crippen LogP) is 6.45. The molecule has 0 bridgehead atoms. The molecular weight excluding hydrogens is 631 g/mol. The molecule has 2 amide bonds. The van der Waals surface area contributed by atoms with Crippen LogP contribution in [0.5, 0.6) is 16.7 Å². The number of nitrogens with one attached hydrogen (secondary N) is 1. The van der Waals surface area contributed by atoms with E-state index in [1.807, 2.05) is 24.3 Å². The number of pyridine rings is 1. The number of anilines is 3. The van der Waals surface area contributed by atoms with Gasteiger partial charge in [0.25, 0.3) is 11.8 Å². The van der Waals surface area contributed by atoms with Crippen molar-refractivity contribution in [2.75, 3.05) is 34.8 Å².